The minimum Gasteiger partial charge on any atom is -0.336 e. The van der Waals surface area contributed by atoms with E-state index in [1.165, 1.54) is 18.2 Å². The third-order valence-electron chi connectivity index (χ3n) is 3.39. The van der Waals surface area contributed by atoms with Crippen LogP contribution in [0.1, 0.15) is 23.7 Å². The van der Waals surface area contributed by atoms with Crippen molar-refractivity contribution in [3.05, 3.63) is 29.6 Å². The average Bonchev–Trinajstić information content (AvgIpc) is 2.42. The van der Waals surface area contributed by atoms with Crippen molar-refractivity contribution in [1.82, 2.24) is 9.80 Å². The number of amides is 1. The maximum Gasteiger partial charge on any atom is 0.253 e. The van der Waals surface area contributed by atoms with Gasteiger partial charge in [0, 0.05) is 36.6 Å². The molecule has 1 aliphatic heterocycles. The quantitative estimate of drug-likeness (QED) is 0.860. The Kier molecular flexibility index (Phi) is 4.82. The van der Waals surface area contributed by atoms with E-state index in [0.717, 1.165) is 39.1 Å². The van der Waals surface area contributed by atoms with E-state index in [0.29, 0.717) is 5.56 Å². The summed E-state index contributed by atoms with van der Waals surface area (Å²) in [6.45, 7) is 6.53. The van der Waals surface area contributed by atoms with Gasteiger partial charge in [-0.25, -0.2) is 4.39 Å². The largest absolute Gasteiger partial charge is 0.336 e. The van der Waals surface area contributed by atoms with Crippen LogP contribution in [0.3, 0.4) is 0 Å². The number of hydrogen-bond acceptors (Lipinski definition) is 3. The smallest absolute Gasteiger partial charge is 0.253 e. The fraction of sp³-hybridized carbons (Fsp3) is 0.500. The Morgan fingerprint density at radius 2 is 2.00 bits per heavy atom. The number of piperazine rings is 1. The number of hydrogen-bond donors (Lipinski definition) is 1. The maximum absolute atomic E-state index is 13.1. The van der Waals surface area contributed by atoms with Crippen LogP contribution < -0.4 is 0 Å². The fourth-order valence-corrected chi connectivity index (χ4v) is 2.53. The topological polar surface area (TPSA) is 23.6 Å². The molecule has 0 bridgehead atoms. The minimum absolute atomic E-state index is 0.0357. The standard InChI is InChI=1S/C14H19FN2OS/c1-2-5-16-6-8-17(9-7-16)14(18)11-3-4-12(15)13(19)10-11/h3-4,10,19H,2,5-9H2,1H3. The Bertz CT molecular complexity index is 459. The van der Waals surface area contributed by atoms with Crippen LogP contribution in [-0.4, -0.2) is 48.4 Å². The summed E-state index contributed by atoms with van der Waals surface area (Å²) < 4.78 is 13.1. The zero-order valence-corrected chi connectivity index (χ0v) is 12.0. The van der Waals surface area contributed by atoms with Crippen LogP contribution in [0.15, 0.2) is 23.1 Å². The molecule has 1 amide bonds. The highest BCUT2D eigenvalue weighted by atomic mass is 32.1. The fourth-order valence-electron chi connectivity index (χ4n) is 2.32. The van der Waals surface area contributed by atoms with Crippen LogP contribution in [0.2, 0.25) is 0 Å². The molecular formula is C14H19FN2OS. The lowest BCUT2D eigenvalue weighted by molar-refractivity contribution is 0.0637. The molecule has 5 heteroatoms. The van der Waals surface area contributed by atoms with Gasteiger partial charge in [-0.05, 0) is 31.2 Å². The van der Waals surface area contributed by atoms with Crippen molar-refractivity contribution in [2.24, 2.45) is 0 Å². The predicted octanol–water partition coefficient (Wildman–Crippen LogP) is 2.28. The van der Waals surface area contributed by atoms with Crippen LogP contribution in [0, 0.1) is 5.82 Å². The first-order valence-electron chi connectivity index (χ1n) is 6.62. The molecule has 3 nitrogen and oxygen atoms in total. The van der Waals surface area contributed by atoms with E-state index >= 15 is 0 Å². The number of thiol groups is 1. The number of halogens is 1. The summed E-state index contributed by atoms with van der Waals surface area (Å²) in [5.41, 5.74) is 0.510. The summed E-state index contributed by atoms with van der Waals surface area (Å²) in [5.74, 6) is -0.431. The van der Waals surface area contributed by atoms with Crippen molar-refractivity contribution >= 4 is 18.5 Å². The van der Waals surface area contributed by atoms with Crippen LogP contribution in [0.25, 0.3) is 0 Å². The maximum atomic E-state index is 13.1. The second-order valence-electron chi connectivity index (χ2n) is 4.80. The molecule has 0 spiro atoms. The summed E-state index contributed by atoms with van der Waals surface area (Å²) in [4.78, 5) is 16.7. The summed E-state index contributed by atoms with van der Waals surface area (Å²) >= 11 is 4.01. The predicted molar refractivity (Wildman–Crippen MR) is 76.3 cm³/mol. The molecular weight excluding hydrogens is 263 g/mol. The SMILES string of the molecule is CCCN1CCN(C(=O)c2ccc(F)c(S)c2)CC1. The van der Waals surface area contributed by atoms with Gasteiger partial charge < -0.3 is 4.90 Å². The van der Waals surface area contributed by atoms with Crippen LogP contribution in [0.5, 0.6) is 0 Å². The van der Waals surface area contributed by atoms with E-state index in [1.54, 1.807) is 0 Å². The first kappa shape index (κ1) is 14.3. The van der Waals surface area contributed by atoms with Crippen LogP contribution in [0.4, 0.5) is 4.39 Å². The Labute approximate surface area is 118 Å². The molecule has 0 N–H and O–H groups in total. The lowest BCUT2D eigenvalue weighted by Crippen LogP contribution is -2.48. The van der Waals surface area contributed by atoms with E-state index in [4.69, 9.17) is 0 Å². The summed E-state index contributed by atoms with van der Waals surface area (Å²) in [5, 5.41) is 0. The van der Waals surface area contributed by atoms with Gasteiger partial charge in [0.2, 0.25) is 0 Å². The third kappa shape index (κ3) is 3.48. The normalized spacial score (nSPS) is 16.7. The molecule has 0 atom stereocenters. The van der Waals surface area contributed by atoms with Gasteiger partial charge in [-0.15, -0.1) is 12.6 Å². The summed E-state index contributed by atoms with van der Waals surface area (Å²) in [6.07, 6.45) is 1.13. The molecule has 2 rings (SSSR count). The van der Waals surface area contributed by atoms with Gasteiger partial charge in [0.05, 0.1) is 0 Å². The molecule has 0 radical (unpaired) electrons. The lowest BCUT2D eigenvalue weighted by atomic mass is 10.1. The van der Waals surface area contributed by atoms with Crippen molar-refractivity contribution in [2.45, 2.75) is 18.2 Å². The van der Waals surface area contributed by atoms with Crippen LogP contribution in [-0.2, 0) is 0 Å². The van der Waals surface area contributed by atoms with E-state index in [1.807, 2.05) is 4.90 Å². The van der Waals surface area contributed by atoms with Crippen molar-refractivity contribution in [3.8, 4) is 0 Å². The van der Waals surface area contributed by atoms with Crippen molar-refractivity contribution in [1.29, 1.82) is 0 Å². The number of carbonyl (C=O) groups is 1. The third-order valence-corrected chi connectivity index (χ3v) is 3.74. The van der Waals surface area contributed by atoms with Crippen molar-refractivity contribution in [2.75, 3.05) is 32.7 Å². The highest BCUT2D eigenvalue weighted by molar-refractivity contribution is 7.80. The monoisotopic (exact) mass is 282 g/mol. The Morgan fingerprint density at radius 1 is 1.32 bits per heavy atom. The molecule has 1 heterocycles. The van der Waals surface area contributed by atoms with E-state index < -0.39 is 5.82 Å². The average molecular weight is 282 g/mol. The first-order valence-corrected chi connectivity index (χ1v) is 7.06. The van der Waals surface area contributed by atoms with Crippen LogP contribution >= 0.6 is 12.6 Å². The van der Waals surface area contributed by atoms with Crippen molar-refractivity contribution in [3.63, 3.8) is 0 Å². The highest BCUT2D eigenvalue weighted by Gasteiger charge is 2.21. The number of rotatable bonds is 3. The summed E-state index contributed by atoms with van der Waals surface area (Å²) in [7, 11) is 0. The van der Waals surface area contributed by atoms with Crippen molar-refractivity contribution < 1.29 is 9.18 Å². The molecule has 1 aromatic rings. The summed E-state index contributed by atoms with van der Waals surface area (Å²) in [6, 6.07) is 4.32. The molecule has 1 fully saturated rings. The molecule has 1 aromatic carbocycles. The molecule has 0 unspecified atom stereocenters. The van der Waals surface area contributed by atoms with E-state index in [9.17, 15) is 9.18 Å². The molecule has 0 aromatic heterocycles. The van der Waals surface area contributed by atoms with E-state index in [2.05, 4.69) is 24.5 Å². The van der Waals surface area contributed by atoms with Gasteiger partial charge in [-0.3, -0.25) is 9.69 Å². The second kappa shape index (κ2) is 6.39. The van der Waals surface area contributed by atoms with Gasteiger partial charge in [0.25, 0.3) is 5.91 Å². The van der Waals surface area contributed by atoms with Gasteiger partial charge >= 0.3 is 0 Å². The lowest BCUT2D eigenvalue weighted by Gasteiger charge is -2.34. The minimum atomic E-state index is -0.396. The Balaban J connectivity index is 1.99. The zero-order chi connectivity index (χ0) is 13.8. The molecule has 104 valence electrons. The first-order chi connectivity index (χ1) is 9.11. The van der Waals surface area contributed by atoms with Gasteiger partial charge in [-0.1, -0.05) is 6.92 Å². The number of nitrogens with zero attached hydrogens (tertiary/aromatic N) is 2. The number of benzene rings is 1. The molecule has 19 heavy (non-hydrogen) atoms. The molecule has 1 aliphatic rings. The number of carbonyl (C=O) groups excluding carboxylic acids is 1. The molecule has 1 saturated heterocycles. The Hall–Kier alpha value is -1.07. The second-order valence-corrected chi connectivity index (χ2v) is 5.28. The zero-order valence-electron chi connectivity index (χ0n) is 11.1. The van der Waals surface area contributed by atoms with Gasteiger partial charge in [0.1, 0.15) is 5.82 Å². The highest BCUT2D eigenvalue weighted by Crippen LogP contribution is 2.16. The molecule has 0 aliphatic carbocycles. The van der Waals surface area contributed by atoms with Gasteiger partial charge in [0.15, 0.2) is 0 Å². The molecule has 0 saturated carbocycles. The van der Waals surface area contributed by atoms with Gasteiger partial charge in [-0.2, -0.15) is 0 Å². The Morgan fingerprint density at radius 3 is 2.58 bits per heavy atom. The van der Waals surface area contributed by atoms with E-state index in [-0.39, 0.29) is 10.8 Å².